The second kappa shape index (κ2) is 5.09. The Labute approximate surface area is 82.3 Å². The van der Waals surface area contributed by atoms with E-state index < -0.39 is 0 Å². The minimum Gasteiger partial charge on any atom is -0.297 e. The average Bonchev–Trinajstić information content (AvgIpc) is 1.84. The van der Waals surface area contributed by atoms with Gasteiger partial charge in [-0.1, -0.05) is 36.4 Å². The second-order valence-corrected chi connectivity index (χ2v) is 4.49. The molecule has 0 saturated carbocycles. The summed E-state index contributed by atoms with van der Waals surface area (Å²) in [6.07, 6.45) is 0. The van der Waals surface area contributed by atoms with E-state index in [-0.39, 0.29) is 15.7 Å². The molecule has 0 fully saturated rings. The number of carbonyl (C=O) groups excluding carboxylic acids is 1. The van der Waals surface area contributed by atoms with Gasteiger partial charge in [0.05, 0.1) is 0 Å². The van der Waals surface area contributed by atoms with Crippen LogP contribution in [0.15, 0.2) is 0 Å². The monoisotopic (exact) mass is 269 g/mol. The van der Waals surface area contributed by atoms with Crippen LogP contribution in [-0.2, 0) is 4.79 Å². The molecule has 2 nitrogen and oxygen atoms in total. The molecule has 3 heteroatoms. The summed E-state index contributed by atoms with van der Waals surface area (Å²) in [7, 11) is 0. The van der Waals surface area contributed by atoms with Crippen molar-refractivity contribution in [2.75, 3.05) is 0 Å². The lowest BCUT2D eigenvalue weighted by Crippen LogP contribution is -2.38. The van der Waals surface area contributed by atoms with Crippen LogP contribution in [0.5, 0.6) is 0 Å². The molecule has 0 aliphatic carbocycles. The van der Waals surface area contributed by atoms with Crippen LogP contribution >= 0.6 is 22.6 Å². The van der Waals surface area contributed by atoms with Gasteiger partial charge in [0.2, 0.25) is 0 Å². The zero-order chi connectivity index (χ0) is 9.02. The van der Waals surface area contributed by atoms with E-state index in [0.717, 1.165) is 0 Å². The van der Waals surface area contributed by atoms with E-state index in [1.54, 1.807) is 0 Å². The number of nitrogens with one attached hydrogen (secondary N) is 1. The Bertz CT molecular complexity index is 134. The summed E-state index contributed by atoms with van der Waals surface area (Å²) >= 11 is 2.14. The maximum atomic E-state index is 11.3. The number of ketones is 1. The third kappa shape index (κ3) is 4.74. The molecule has 0 spiro atoms. The van der Waals surface area contributed by atoms with Crippen molar-refractivity contribution in [1.82, 2.24) is 5.32 Å². The molecule has 0 saturated heterocycles. The van der Waals surface area contributed by atoms with E-state index in [9.17, 15) is 4.79 Å². The third-order valence-electron chi connectivity index (χ3n) is 1.30. The van der Waals surface area contributed by atoms with Crippen molar-refractivity contribution in [3.8, 4) is 0 Å². The van der Waals surface area contributed by atoms with E-state index in [2.05, 4.69) is 27.9 Å². The minimum absolute atomic E-state index is 0.0346. The van der Waals surface area contributed by atoms with Crippen LogP contribution in [0.2, 0.25) is 0 Å². The zero-order valence-corrected chi connectivity index (χ0v) is 9.68. The summed E-state index contributed by atoms with van der Waals surface area (Å²) in [5, 5.41) is 3.16. The highest BCUT2D eigenvalue weighted by Crippen LogP contribution is 2.06. The molecule has 0 heterocycles. The molecule has 0 amide bonds. The van der Waals surface area contributed by atoms with Crippen LogP contribution in [0.1, 0.15) is 27.7 Å². The molecule has 0 rings (SSSR count). The molecule has 11 heavy (non-hydrogen) atoms. The Morgan fingerprint density at radius 1 is 1.27 bits per heavy atom. The number of halogens is 1. The number of hydrogen-bond acceptors (Lipinski definition) is 2. The number of alkyl halides is 1. The summed E-state index contributed by atoms with van der Waals surface area (Å²) in [6, 6.07) is 0.375. The molecule has 0 aliphatic rings. The van der Waals surface area contributed by atoms with E-state index in [1.807, 2.05) is 27.7 Å². The topological polar surface area (TPSA) is 29.1 Å². The van der Waals surface area contributed by atoms with Gasteiger partial charge in [0.1, 0.15) is 4.05 Å². The first kappa shape index (κ1) is 11.4. The molecule has 0 bridgehead atoms. The molecule has 0 aromatic heterocycles. The van der Waals surface area contributed by atoms with Crippen molar-refractivity contribution in [2.24, 2.45) is 5.92 Å². The standard InChI is InChI=1S/C8H16INO/c1-5(2)7(11)8(9)10-6(3)4/h5-6,8,10H,1-4H3. The number of Topliss-reactive ketones (excluding diaryl/α,β-unsaturated/α-hetero) is 1. The quantitative estimate of drug-likeness (QED) is 0.480. The Kier molecular flexibility index (Phi) is 5.25. The van der Waals surface area contributed by atoms with Gasteiger partial charge >= 0.3 is 0 Å². The first-order valence-electron chi connectivity index (χ1n) is 3.89. The normalized spacial score (nSPS) is 14.1. The van der Waals surface area contributed by atoms with Gasteiger partial charge < -0.3 is 0 Å². The molecule has 66 valence electrons. The van der Waals surface area contributed by atoms with Crippen molar-refractivity contribution < 1.29 is 4.79 Å². The first-order chi connectivity index (χ1) is 4.95. The first-order valence-corrected chi connectivity index (χ1v) is 5.13. The van der Waals surface area contributed by atoms with Gasteiger partial charge in [0.25, 0.3) is 0 Å². The Morgan fingerprint density at radius 3 is 2.00 bits per heavy atom. The molecular formula is C8H16INO. The van der Waals surface area contributed by atoms with Crippen LogP contribution < -0.4 is 5.32 Å². The molecule has 0 aromatic rings. The predicted molar refractivity (Wildman–Crippen MR) is 55.9 cm³/mol. The molecule has 0 aromatic carbocycles. The summed E-state index contributed by atoms with van der Waals surface area (Å²) in [4.78, 5) is 11.3. The maximum absolute atomic E-state index is 11.3. The Balaban J connectivity index is 3.83. The van der Waals surface area contributed by atoms with Crippen molar-refractivity contribution >= 4 is 28.4 Å². The van der Waals surface area contributed by atoms with Crippen molar-refractivity contribution in [1.29, 1.82) is 0 Å². The average molecular weight is 269 g/mol. The number of carbonyl (C=O) groups is 1. The summed E-state index contributed by atoms with van der Waals surface area (Å²) < 4.78 is -0.0346. The zero-order valence-electron chi connectivity index (χ0n) is 7.52. The van der Waals surface area contributed by atoms with E-state index in [4.69, 9.17) is 0 Å². The predicted octanol–water partition coefficient (Wildman–Crippen LogP) is 1.97. The van der Waals surface area contributed by atoms with Gasteiger partial charge in [0.15, 0.2) is 5.78 Å². The van der Waals surface area contributed by atoms with Crippen molar-refractivity contribution in [3.63, 3.8) is 0 Å². The van der Waals surface area contributed by atoms with Gasteiger partial charge in [-0.3, -0.25) is 10.1 Å². The lowest BCUT2D eigenvalue weighted by molar-refractivity contribution is -0.121. The second-order valence-electron chi connectivity index (χ2n) is 3.24. The van der Waals surface area contributed by atoms with Gasteiger partial charge in [0, 0.05) is 12.0 Å². The molecule has 0 radical (unpaired) electrons. The highest BCUT2D eigenvalue weighted by Gasteiger charge is 2.17. The molecular weight excluding hydrogens is 253 g/mol. The molecule has 1 unspecified atom stereocenters. The highest BCUT2D eigenvalue weighted by molar-refractivity contribution is 14.1. The molecule has 1 atom stereocenters. The number of rotatable bonds is 4. The van der Waals surface area contributed by atoms with Crippen LogP contribution in [0.3, 0.4) is 0 Å². The van der Waals surface area contributed by atoms with E-state index >= 15 is 0 Å². The molecule has 0 aliphatic heterocycles. The van der Waals surface area contributed by atoms with Gasteiger partial charge in [-0.05, 0) is 13.8 Å². The smallest absolute Gasteiger partial charge is 0.162 e. The lowest BCUT2D eigenvalue weighted by Gasteiger charge is -2.15. The Morgan fingerprint density at radius 2 is 1.73 bits per heavy atom. The van der Waals surface area contributed by atoms with Crippen LogP contribution in [0.25, 0.3) is 0 Å². The van der Waals surface area contributed by atoms with Crippen LogP contribution in [-0.4, -0.2) is 15.9 Å². The van der Waals surface area contributed by atoms with E-state index in [1.165, 1.54) is 0 Å². The van der Waals surface area contributed by atoms with Gasteiger partial charge in [-0.2, -0.15) is 0 Å². The Hall–Kier alpha value is 0.360. The lowest BCUT2D eigenvalue weighted by atomic mass is 10.1. The van der Waals surface area contributed by atoms with Crippen molar-refractivity contribution in [2.45, 2.75) is 37.8 Å². The largest absolute Gasteiger partial charge is 0.297 e. The maximum Gasteiger partial charge on any atom is 0.162 e. The fraction of sp³-hybridized carbons (Fsp3) is 0.875. The third-order valence-corrected chi connectivity index (χ3v) is 2.27. The highest BCUT2D eigenvalue weighted by atomic mass is 127. The fourth-order valence-corrected chi connectivity index (χ4v) is 2.11. The number of hydrogen-bond donors (Lipinski definition) is 1. The SMILES string of the molecule is CC(C)NC(I)C(=O)C(C)C. The van der Waals surface area contributed by atoms with Crippen molar-refractivity contribution in [3.05, 3.63) is 0 Å². The summed E-state index contributed by atoms with van der Waals surface area (Å²) in [5.74, 6) is 0.405. The summed E-state index contributed by atoms with van der Waals surface area (Å²) in [6.45, 7) is 7.94. The van der Waals surface area contributed by atoms with Crippen LogP contribution in [0.4, 0.5) is 0 Å². The van der Waals surface area contributed by atoms with Gasteiger partial charge in [-0.25, -0.2) is 0 Å². The molecule has 1 N–H and O–H groups in total. The summed E-state index contributed by atoms with van der Waals surface area (Å²) in [5.41, 5.74) is 0. The van der Waals surface area contributed by atoms with E-state index in [0.29, 0.717) is 6.04 Å². The minimum atomic E-state index is -0.0346. The van der Waals surface area contributed by atoms with Crippen LogP contribution in [0, 0.1) is 5.92 Å². The fourth-order valence-electron chi connectivity index (χ4n) is 0.667. The van der Waals surface area contributed by atoms with Gasteiger partial charge in [-0.15, -0.1) is 0 Å².